The first-order chi connectivity index (χ1) is 5.18. The number of benzene rings is 1. The number of halogens is 1. The summed E-state index contributed by atoms with van der Waals surface area (Å²) in [5, 5.41) is 8.86. The molecule has 0 aliphatic carbocycles. The number of alkyl halides is 1. The molecule has 0 heterocycles. The van der Waals surface area contributed by atoms with E-state index >= 15 is 0 Å². The second kappa shape index (κ2) is 3.74. The molecule has 0 amide bonds. The average Bonchev–Trinajstić information content (AvgIpc) is 1.85. The third kappa shape index (κ3) is 2.91. The summed E-state index contributed by atoms with van der Waals surface area (Å²) in [7, 11) is 0. The van der Waals surface area contributed by atoms with Crippen molar-refractivity contribution in [3.63, 3.8) is 0 Å². The number of hydrogen-bond acceptors (Lipinski definition) is 1. The zero-order valence-corrected chi connectivity index (χ0v) is 7.17. The van der Waals surface area contributed by atoms with E-state index in [2.05, 4.69) is 0 Å². The molecular formula is C9H11ClO. The van der Waals surface area contributed by atoms with E-state index in [1.54, 1.807) is 0 Å². The van der Waals surface area contributed by atoms with Gasteiger partial charge in [-0.05, 0) is 12.5 Å². The van der Waals surface area contributed by atoms with Gasteiger partial charge >= 0.3 is 0 Å². The van der Waals surface area contributed by atoms with Crippen molar-refractivity contribution >= 4 is 11.6 Å². The van der Waals surface area contributed by atoms with Crippen LogP contribution in [0.25, 0.3) is 0 Å². The Morgan fingerprint density at radius 3 is 2.82 bits per heavy atom. The van der Waals surface area contributed by atoms with E-state index in [-0.39, 0.29) is 0 Å². The minimum atomic E-state index is -0.767. The standard InChI is InChI=1S/C9H11ClO/c1-7-3-2-4-8(5-7)6-9(10)11/h2-5,9,11H,6H2,1H3. The molecule has 1 atom stereocenters. The normalized spacial score (nSPS) is 13.0. The molecule has 2 heteroatoms. The lowest BCUT2D eigenvalue weighted by Crippen LogP contribution is -2.00. The van der Waals surface area contributed by atoms with Crippen LogP contribution in [-0.4, -0.2) is 10.7 Å². The van der Waals surface area contributed by atoms with E-state index in [1.165, 1.54) is 5.56 Å². The molecule has 1 rings (SSSR count). The fraction of sp³-hybridized carbons (Fsp3) is 0.333. The Morgan fingerprint density at radius 2 is 2.27 bits per heavy atom. The Kier molecular flexibility index (Phi) is 2.92. The Morgan fingerprint density at radius 1 is 1.55 bits per heavy atom. The molecular weight excluding hydrogens is 160 g/mol. The smallest absolute Gasteiger partial charge is 0.132 e. The molecule has 1 aromatic carbocycles. The van der Waals surface area contributed by atoms with Gasteiger partial charge in [0.05, 0.1) is 0 Å². The summed E-state index contributed by atoms with van der Waals surface area (Å²) in [5.74, 6) is 0. The van der Waals surface area contributed by atoms with Crippen LogP contribution in [-0.2, 0) is 6.42 Å². The highest BCUT2D eigenvalue weighted by Crippen LogP contribution is 2.08. The summed E-state index contributed by atoms with van der Waals surface area (Å²) in [5.41, 5.74) is 1.50. The van der Waals surface area contributed by atoms with E-state index in [0.717, 1.165) is 5.56 Å². The zero-order valence-electron chi connectivity index (χ0n) is 6.42. The third-order valence-corrected chi connectivity index (χ3v) is 1.64. The van der Waals surface area contributed by atoms with Crippen molar-refractivity contribution in [3.8, 4) is 0 Å². The number of hydrogen-bond donors (Lipinski definition) is 1. The van der Waals surface area contributed by atoms with Crippen LogP contribution in [0.5, 0.6) is 0 Å². The van der Waals surface area contributed by atoms with Gasteiger partial charge in [0.1, 0.15) is 5.56 Å². The molecule has 0 bridgehead atoms. The van der Waals surface area contributed by atoms with Gasteiger partial charge in [0.2, 0.25) is 0 Å². The molecule has 0 fully saturated rings. The highest BCUT2D eigenvalue weighted by Gasteiger charge is 1.99. The Bertz CT molecular complexity index is 233. The fourth-order valence-corrected chi connectivity index (χ4v) is 1.21. The monoisotopic (exact) mass is 170 g/mol. The van der Waals surface area contributed by atoms with Crippen molar-refractivity contribution in [1.82, 2.24) is 0 Å². The van der Waals surface area contributed by atoms with Gasteiger partial charge in [0.15, 0.2) is 0 Å². The van der Waals surface area contributed by atoms with Crippen molar-refractivity contribution in [2.75, 3.05) is 0 Å². The predicted octanol–water partition coefficient (Wildman–Crippen LogP) is 2.09. The minimum absolute atomic E-state index is 0.517. The van der Waals surface area contributed by atoms with Crippen molar-refractivity contribution in [2.45, 2.75) is 18.9 Å². The number of aliphatic hydroxyl groups excluding tert-OH is 1. The van der Waals surface area contributed by atoms with Gasteiger partial charge in [-0.15, -0.1) is 0 Å². The molecule has 0 spiro atoms. The van der Waals surface area contributed by atoms with Gasteiger partial charge in [0.25, 0.3) is 0 Å². The van der Waals surface area contributed by atoms with Crippen molar-refractivity contribution in [3.05, 3.63) is 35.4 Å². The molecule has 0 aliphatic rings. The van der Waals surface area contributed by atoms with Gasteiger partial charge in [-0.3, -0.25) is 0 Å². The van der Waals surface area contributed by atoms with Gasteiger partial charge in [-0.1, -0.05) is 41.4 Å². The molecule has 0 aromatic heterocycles. The van der Waals surface area contributed by atoms with E-state index in [0.29, 0.717) is 6.42 Å². The third-order valence-electron chi connectivity index (χ3n) is 1.49. The second-order valence-corrected chi connectivity index (χ2v) is 3.13. The van der Waals surface area contributed by atoms with Gasteiger partial charge in [-0.2, -0.15) is 0 Å². The first-order valence-corrected chi connectivity index (χ1v) is 4.00. The van der Waals surface area contributed by atoms with Gasteiger partial charge in [0, 0.05) is 6.42 Å². The summed E-state index contributed by atoms with van der Waals surface area (Å²) in [4.78, 5) is 0. The molecule has 1 nitrogen and oxygen atoms in total. The number of aryl methyl sites for hydroxylation is 1. The summed E-state index contributed by atoms with van der Waals surface area (Å²) in [6, 6.07) is 7.96. The van der Waals surface area contributed by atoms with Crippen molar-refractivity contribution in [1.29, 1.82) is 0 Å². The average molecular weight is 171 g/mol. The van der Waals surface area contributed by atoms with E-state index < -0.39 is 5.56 Å². The zero-order chi connectivity index (χ0) is 8.27. The largest absolute Gasteiger partial charge is 0.377 e. The Hall–Kier alpha value is -0.530. The lowest BCUT2D eigenvalue weighted by molar-refractivity contribution is 0.257. The SMILES string of the molecule is Cc1cccc(CC(O)Cl)c1. The van der Waals surface area contributed by atoms with Crippen LogP contribution in [0.1, 0.15) is 11.1 Å². The number of aliphatic hydroxyl groups is 1. The Balaban J connectivity index is 2.71. The molecule has 0 radical (unpaired) electrons. The molecule has 11 heavy (non-hydrogen) atoms. The summed E-state index contributed by atoms with van der Waals surface area (Å²) < 4.78 is 0. The van der Waals surface area contributed by atoms with Crippen LogP contribution < -0.4 is 0 Å². The lowest BCUT2D eigenvalue weighted by atomic mass is 10.1. The minimum Gasteiger partial charge on any atom is -0.377 e. The molecule has 0 saturated carbocycles. The van der Waals surface area contributed by atoms with Crippen LogP contribution in [0.15, 0.2) is 24.3 Å². The lowest BCUT2D eigenvalue weighted by Gasteiger charge is -2.02. The second-order valence-electron chi connectivity index (χ2n) is 2.63. The van der Waals surface area contributed by atoms with E-state index in [1.807, 2.05) is 31.2 Å². The van der Waals surface area contributed by atoms with Crippen LogP contribution in [0.2, 0.25) is 0 Å². The van der Waals surface area contributed by atoms with Crippen LogP contribution >= 0.6 is 11.6 Å². The molecule has 60 valence electrons. The maximum absolute atomic E-state index is 8.86. The predicted molar refractivity (Wildman–Crippen MR) is 46.7 cm³/mol. The van der Waals surface area contributed by atoms with Crippen LogP contribution in [0.4, 0.5) is 0 Å². The highest BCUT2D eigenvalue weighted by molar-refractivity contribution is 6.19. The topological polar surface area (TPSA) is 20.2 Å². The molecule has 1 N–H and O–H groups in total. The molecule has 0 saturated heterocycles. The molecule has 1 aromatic rings. The van der Waals surface area contributed by atoms with E-state index in [4.69, 9.17) is 16.7 Å². The first kappa shape index (κ1) is 8.57. The Labute approximate surface area is 71.6 Å². The quantitative estimate of drug-likeness (QED) is 0.674. The molecule has 0 aliphatic heterocycles. The molecule has 1 unspecified atom stereocenters. The van der Waals surface area contributed by atoms with Crippen LogP contribution in [0, 0.1) is 6.92 Å². The maximum atomic E-state index is 8.86. The van der Waals surface area contributed by atoms with Crippen molar-refractivity contribution < 1.29 is 5.11 Å². The van der Waals surface area contributed by atoms with Gasteiger partial charge < -0.3 is 5.11 Å². The first-order valence-electron chi connectivity index (χ1n) is 3.56. The van der Waals surface area contributed by atoms with Gasteiger partial charge in [-0.25, -0.2) is 0 Å². The summed E-state index contributed by atoms with van der Waals surface area (Å²) >= 11 is 5.42. The van der Waals surface area contributed by atoms with Crippen molar-refractivity contribution in [2.24, 2.45) is 0 Å². The highest BCUT2D eigenvalue weighted by atomic mass is 35.5. The summed E-state index contributed by atoms with van der Waals surface area (Å²) in [6.45, 7) is 2.02. The number of rotatable bonds is 2. The van der Waals surface area contributed by atoms with Crippen LogP contribution in [0.3, 0.4) is 0 Å². The summed E-state index contributed by atoms with van der Waals surface area (Å²) in [6.07, 6.45) is 0.517. The van der Waals surface area contributed by atoms with E-state index in [9.17, 15) is 0 Å². The maximum Gasteiger partial charge on any atom is 0.132 e. The fourth-order valence-electron chi connectivity index (χ4n) is 1.03.